The van der Waals surface area contributed by atoms with Crippen molar-refractivity contribution in [2.24, 2.45) is 5.16 Å². The van der Waals surface area contributed by atoms with Crippen LogP contribution >= 0.6 is 0 Å². The molecule has 0 saturated heterocycles. The fourth-order valence-corrected chi connectivity index (χ4v) is 0.867. The van der Waals surface area contributed by atoms with E-state index in [1.165, 1.54) is 12.3 Å². The monoisotopic (exact) mass is 204 g/mol. The minimum atomic E-state index is -4.62. The Morgan fingerprint density at radius 2 is 2.14 bits per heavy atom. The van der Waals surface area contributed by atoms with Gasteiger partial charge in [-0.15, -0.1) is 0 Å². The number of pyridine rings is 1. The van der Waals surface area contributed by atoms with E-state index in [1.807, 2.05) is 0 Å². The molecule has 0 bridgehead atoms. The summed E-state index contributed by atoms with van der Waals surface area (Å²) >= 11 is 0. The fourth-order valence-electron chi connectivity index (χ4n) is 0.867. The lowest BCUT2D eigenvalue weighted by Crippen LogP contribution is -2.25. The average molecular weight is 204 g/mol. The van der Waals surface area contributed by atoms with Gasteiger partial charge in [-0.05, 0) is 12.1 Å². The Bertz CT molecular complexity index is 321. The Morgan fingerprint density at radius 3 is 2.57 bits per heavy atom. The van der Waals surface area contributed by atoms with Gasteiger partial charge in [0, 0.05) is 18.3 Å². The molecule has 0 aliphatic rings. The zero-order chi connectivity index (χ0) is 10.6. The Morgan fingerprint density at radius 1 is 1.43 bits per heavy atom. The molecule has 0 atom stereocenters. The molecular weight excluding hydrogens is 197 g/mol. The molecule has 6 heteroatoms. The Hall–Kier alpha value is -1.59. The number of alkyl halides is 3. The van der Waals surface area contributed by atoms with E-state index >= 15 is 0 Å². The van der Waals surface area contributed by atoms with E-state index in [0.29, 0.717) is 0 Å². The second-order valence-corrected chi connectivity index (χ2v) is 2.54. The molecule has 1 aromatic heterocycles. The summed E-state index contributed by atoms with van der Waals surface area (Å²) in [5, 5.41) is 10.4. The second-order valence-electron chi connectivity index (χ2n) is 2.54. The molecule has 0 aliphatic heterocycles. The topological polar surface area (TPSA) is 45.5 Å². The maximum Gasteiger partial charge on any atom is 0.433 e. The third kappa shape index (κ3) is 2.72. The molecule has 0 radical (unpaired) electrons. The molecule has 0 aliphatic carbocycles. The molecule has 3 nitrogen and oxygen atoms in total. The maximum absolute atomic E-state index is 12.1. The molecule has 1 aromatic rings. The van der Waals surface area contributed by atoms with Crippen molar-refractivity contribution in [3.63, 3.8) is 0 Å². The van der Waals surface area contributed by atoms with Crippen molar-refractivity contribution in [1.29, 1.82) is 0 Å². The lowest BCUT2D eigenvalue weighted by molar-refractivity contribution is -0.0623. The van der Waals surface area contributed by atoms with E-state index in [1.54, 1.807) is 12.1 Å². The van der Waals surface area contributed by atoms with Gasteiger partial charge >= 0.3 is 6.18 Å². The zero-order valence-corrected chi connectivity index (χ0v) is 6.99. The summed E-state index contributed by atoms with van der Waals surface area (Å²) in [5.74, 6) is 0. The first kappa shape index (κ1) is 10.5. The third-order valence-corrected chi connectivity index (χ3v) is 1.52. The van der Waals surface area contributed by atoms with Crippen molar-refractivity contribution in [2.75, 3.05) is 0 Å². The molecule has 14 heavy (non-hydrogen) atoms. The number of hydrogen-bond donors (Lipinski definition) is 1. The van der Waals surface area contributed by atoms with E-state index < -0.39 is 18.3 Å². The number of aromatic nitrogens is 1. The highest BCUT2D eigenvalue weighted by Crippen LogP contribution is 2.19. The van der Waals surface area contributed by atoms with E-state index in [9.17, 15) is 13.2 Å². The van der Waals surface area contributed by atoms with E-state index in [0.717, 1.165) is 0 Å². The predicted octanol–water partition coefficient (Wildman–Crippen LogP) is 2.02. The van der Waals surface area contributed by atoms with Crippen LogP contribution in [0.5, 0.6) is 0 Å². The van der Waals surface area contributed by atoms with Crippen molar-refractivity contribution in [2.45, 2.75) is 12.6 Å². The van der Waals surface area contributed by atoms with E-state index in [4.69, 9.17) is 5.21 Å². The molecular formula is C8H7F3N2O. The molecule has 0 spiro atoms. The predicted molar refractivity (Wildman–Crippen MR) is 43.2 cm³/mol. The molecule has 1 N–H and O–H groups in total. The summed E-state index contributed by atoms with van der Waals surface area (Å²) in [7, 11) is 0. The molecule has 0 saturated carbocycles. The summed E-state index contributed by atoms with van der Waals surface area (Å²) in [5.41, 5.74) is -1.05. The standard InChI is InChI=1S/C8H7F3N2O/c9-8(10,11)7(13-14)5-6-3-1-2-4-12-6/h1-4,14H,5H2. The van der Waals surface area contributed by atoms with Gasteiger partial charge in [0.15, 0.2) is 5.71 Å². The van der Waals surface area contributed by atoms with Gasteiger partial charge in [0.05, 0.1) is 0 Å². The van der Waals surface area contributed by atoms with Crippen LogP contribution in [0.3, 0.4) is 0 Å². The first-order valence-electron chi connectivity index (χ1n) is 3.72. The van der Waals surface area contributed by atoms with Crippen LogP contribution < -0.4 is 0 Å². The van der Waals surface area contributed by atoms with Crippen LogP contribution in [-0.2, 0) is 6.42 Å². The lowest BCUT2D eigenvalue weighted by Gasteiger charge is -2.07. The Balaban J connectivity index is 2.78. The first-order valence-corrected chi connectivity index (χ1v) is 3.72. The number of oxime groups is 1. The molecule has 0 unspecified atom stereocenters. The van der Waals surface area contributed by atoms with Gasteiger partial charge < -0.3 is 5.21 Å². The molecule has 0 fully saturated rings. The van der Waals surface area contributed by atoms with E-state index in [-0.39, 0.29) is 5.69 Å². The summed E-state index contributed by atoms with van der Waals surface area (Å²) in [6, 6.07) is 4.58. The van der Waals surface area contributed by atoms with Gasteiger partial charge in [0.2, 0.25) is 0 Å². The van der Waals surface area contributed by atoms with Crippen LogP contribution in [-0.4, -0.2) is 22.1 Å². The normalized spacial score (nSPS) is 12.9. The van der Waals surface area contributed by atoms with Crippen molar-refractivity contribution in [1.82, 2.24) is 4.98 Å². The van der Waals surface area contributed by atoms with Crippen LogP contribution in [0.2, 0.25) is 0 Å². The van der Waals surface area contributed by atoms with Gasteiger partial charge in [-0.3, -0.25) is 4.98 Å². The van der Waals surface area contributed by atoms with Crippen molar-refractivity contribution in [3.05, 3.63) is 30.1 Å². The maximum atomic E-state index is 12.1. The zero-order valence-electron chi connectivity index (χ0n) is 6.99. The number of halogens is 3. The summed E-state index contributed by atoms with van der Waals surface area (Å²) in [6.07, 6.45) is -3.77. The van der Waals surface area contributed by atoms with Crippen molar-refractivity contribution >= 4 is 5.71 Å². The highest BCUT2D eigenvalue weighted by atomic mass is 19.4. The largest absolute Gasteiger partial charge is 0.433 e. The lowest BCUT2D eigenvalue weighted by atomic mass is 10.2. The summed E-state index contributed by atoms with van der Waals surface area (Å²) < 4.78 is 36.3. The number of hydrogen-bond acceptors (Lipinski definition) is 3. The first-order chi connectivity index (χ1) is 6.54. The van der Waals surface area contributed by atoms with Gasteiger partial charge in [0.1, 0.15) is 0 Å². The number of rotatable bonds is 2. The molecule has 1 rings (SSSR count). The minimum absolute atomic E-state index is 0.206. The smallest absolute Gasteiger partial charge is 0.411 e. The summed E-state index contributed by atoms with van der Waals surface area (Å²) in [6.45, 7) is 0. The van der Waals surface area contributed by atoms with Crippen LogP contribution in [0, 0.1) is 0 Å². The average Bonchev–Trinajstić information content (AvgIpc) is 2.14. The molecule has 0 aromatic carbocycles. The van der Waals surface area contributed by atoms with Gasteiger partial charge in [-0.1, -0.05) is 11.2 Å². The van der Waals surface area contributed by atoms with Crippen LogP contribution in [0.1, 0.15) is 5.69 Å². The van der Waals surface area contributed by atoms with Crippen molar-refractivity contribution in [3.8, 4) is 0 Å². The minimum Gasteiger partial charge on any atom is -0.411 e. The highest BCUT2D eigenvalue weighted by Gasteiger charge is 2.36. The van der Waals surface area contributed by atoms with Crippen LogP contribution in [0.15, 0.2) is 29.6 Å². The second kappa shape index (κ2) is 4.08. The van der Waals surface area contributed by atoms with Gasteiger partial charge in [-0.2, -0.15) is 13.2 Å². The van der Waals surface area contributed by atoms with Gasteiger partial charge in [-0.25, -0.2) is 0 Å². The summed E-state index contributed by atoms with van der Waals surface area (Å²) in [4.78, 5) is 3.69. The quantitative estimate of drug-likeness (QED) is 0.455. The van der Waals surface area contributed by atoms with Gasteiger partial charge in [0.25, 0.3) is 0 Å². The molecule has 1 heterocycles. The fraction of sp³-hybridized carbons (Fsp3) is 0.250. The van der Waals surface area contributed by atoms with Crippen LogP contribution in [0.25, 0.3) is 0 Å². The number of nitrogens with zero attached hydrogens (tertiary/aromatic N) is 2. The van der Waals surface area contributed by atoms with E-state index in [2.05, 4.69) is 10.1 Å². The van der Waals surface area contributed by atoms with Crippen LogP contribution in [0.4, 0.5) is 13.2 Å². The molecule has 0 amide bonds. The SMILES string of the molecule is ON=C(Cc1ccccn1)C(F)(F)F. The third-order valence-electron chi connectivity index (χ3n) is 1.52. The highest BCUT2D eigenvalue weighted by molar-refractivity contribution is 5.90. The van der Waals surface area contributed by atoms with Crippen molar-refractivity contribution < 1.29 is 18.4 Å². The Kier molecular flexibility index (Phi) is 3.06. The Labute approximate surface area is 77.9 Å². The molecule has 76 valence electrons.